The zero-order valence-corrected chi connectivity index (χ0v) is 13.1. The van der Waals surface area contributed by atoms with Gasteiger partial charge < -0.3 is 10.1 Å². The van der Waals surface area contributed by atoms with Crippen LogP contribution in [0, 0.1) is 17.8 Å². The standard InChI is InChI=1S/C15H31NO2/c1-10(2)8-13(9-11(3)4)16-14(12(5)6)15(17)18-7/h10-14,16H,8-9H2,1-7H3. The van der Waals surface area contributed by atoms with Crippen molar-refractivity contribution in [1.29, 1.82) is 0 Å². The lowest BCUT2D eigenvalue weighted by Crippen LogP contribution is -2.47. The minimum absolute atomic E-state index is 0.150. The average molecular weight is 257 g/mol. The second kappa shape index (κ2) is 8.52. The summed E-state index contributed by atoms with van der Waals surface area (Å²) in [4.78, 5) is 11.8. The van der Waals surface area contributed by atoms with Crippen LogP contribution in [0.1, 0.15) is 54.4 Å². The van der Waals surface area contributed by atoms with Gasteiger partial charge >= 0.3 is 5.97 Å². The van der Waals surface area contributed by atoms with Gasteiger partial charge in [0.25, 0.3) is 0 Å². The lowest BCUT2D eigenvalue weighted by atomic mass is 9.93. The Balaban J connectivity index is 4.63. The van der Waals surface area contributed by atoms with E-state index in [2.05, 4.69) is 46.9 Å². The first-order chi connectivity index (χ1) is 8.27. The van der Waals surface area contributed by atoms with Crippen molar-refractivity contribution >= 4 is 5.97 Å². The molecule has 0 aromatic rings. The molecule has 0 aliphatic carbocycles. The highest BCUT2D eigenvalue weighted by molar-refractivity contribution is 5.75. The van der Waals surface area contributed by atoms with Gasteiger partial charge in [-0.25, -0.2) is 0 Å². The number of rotatable bonds is 8. The summed E-state index contributed by atoms with van der Waals surface area (Å²) in [5.74, 6) is 1.36. The molecule has 3 nitrogen and oxygen atoms in total. The summed E-state index contributed by atoms with van der Waals surface area (Å²) in [7, 11) is 1.46. The van der Waals surface area contributed by atoms with E-state index in [-0.39, 0.29) is 17.9 Å². The number of nitrogens with one attached hydrogen (secondary N) is 1. The van der Waals surface area contributed by atoms with Gasteiger partial charge in [-0.15, -0.1) is 0 Å². The van der Waals surface area contributed by atoms with Gasteiger partial charge in [0, 0.05) is 6.04 Å². The maximum Gasteiger partial charge on any atom is 0.323 e. The van der Waals surface area contributed by atoms with Gasteiger partial charge in [0.1, 0.15) is 6.04 Å². The number of esters is 1. The zero-order valence-electron chi connectivity index (χ0n) is 13.1. The Bertz CT molecular complexity index is 227. The van der Waals surface area contributed by atoms with Crippen molar-refractivity contribution in [2.45, 2.75) is 66.5 Å². The van der Waals surface area contributed by atoms with Gasteiger partial charge in [0.2, 0.25) is 0 Å². The number of hydrogen-bond acceptors (Lipinski definition) is 3. The lowest BCUT2D eigenvalue weighted by molar-refractivity contribution is -0.144. The monoisotopic (exact) mass is 257 g/mol. The van der Waals surface area contributed by atoms with Gasteiger partial charge in [-0.3, -0.25) is 4.79 Å². The van der Waals surface area contributed by atoms with E-state index in [1.807, 2.05) is 0 Å². The average Bonchev–Trinajstić information content (AvgIpc) is 2.22. The summed E-state index contributed by atoms with van der Waals surface area (Å²) in [5, 5.41) is 3.49. The quantitative estimate of drug-likeness (QED) is 0.678. The van der Waals surface area contributed by atoms with Crippen LogP contribution < -0.4 is 5.32 Å². The summed E-state index contributed by atoms with van der Waals surface area (Å²) in [6.07, 6.45) is 2.19. The highest BCUT2D eigenvalue weighted by Crippen LogP contribution is 2.16. The Morgan fingerprint density at radius 2 is 1.44 bits per heavy atom. The molecule has 0 amide bonds. The van der Waals surface area contributed by atoms with Crippen molar-refractivity contribution in [3.05, 3.63) is 0 Å². The van der Waals surface area contributed by atoms with Crippen molar-refractivity contribution in [2.75, 3.05) is 7.11 Å². The van der Waals surface area contributed by atoms with Crippen LogP contribution in [0.4, 0.5) is 0 Å². The van der Waals surface area contributed by atoms with E-state index in [0.717, 1.165) is 12.8 Å². The molecule has 1 N–H and O–H groups in total. The van der Waals surface area contributed by atoms with E-state index in [9.17, 15) is 4.79 Å². The maximum absolute atomic E-state index is 11.8. The molecule has 0 radical (unpaired) electrons. The first kappa shape index (κ1) is 17.4. The van der Waals surface area contributed by atoms with Crippen molar-refractivity contribution < 1.29 is 9.53 Å². The molecule has 1 atom stereocenters. The molecule has 0 aromatic heterocycles. The summed E-state index contributed by atoms with van der Waals surface area (Å²) in [6, 6.07) is 0.189. The van der Waals surface area contributed by atoms with Gasteiger partial charge in [-0.2, -0.15) is 0 Å². The molecule has 0 aromatic carbocycles. The number of methoxy groups -OCH3 is 1. The number of hydrogen-bond donors (Lipinski definition) is 1. The molecule has 0 spiro atoms. The fourth-order valence-electron chi connectivity index (χ4n) is 2.28. The highest BCUT2D eigenvalue weighted by Gasteiger charge is 2.26. The number of carbonyl (C=O) groups is 1. The van der Waals surface area contributed by atoms with E-state index >= 15 is 0 Å². The molecule has 0 aliphatic heterocycles. The molecular formula is C15H31NO2. The Hall–Kier alpha value is -0.570. The van der Waals surface area contributed by atoms with Gasteiger partial charge in [-0.1, -0.05) is 41.5 Å². The summed E-state index contributed by atoms with van der Waals surface area (Å²) in [6.45, 7) is 13.0. The molecule has 0 heterocycles. The summed E-state index contributed by atoms with van der Waals surface area (Å²) in [5.41, 5.74) is 0. The normalized spacial score (nSPS) is 13.7. The predicted octanol–water partition coefficient (Wildman–Crippen LogP) is 3.23. The van der Waals surface area contributed by atoms with E-state index in [4.69, 9.17) is 4.74 Å². The van der Waals surface area contributed by atoms with E-state index in [0.29, 0.717) is 17.9 Å². The zero-order chi connectivity index (χ0) is 14.3. The topological polar surface area (TPSA) is 38.3 Å². The largest absolute Gasteiger partial charge is 0.468 e. The minimum atomic E-state index is -0.197. The summed E-state index contributed by atoms with van der Waals surface area (Å²) >= 11 is 0. The third kappa shape index (κ3) is 7.00. The second-order valence-corrected chi connectivity index (χ2v) is 6.37. The Morgan fingerprint density at radius 1 is 1.00 bits per heavy atom. The van der Waals surface area contributed by atoms with Crippen molar-refractivity contribution in [2.24, 2.45) is 17.8 Å². The molecule has 108 valence electrons. The molecule has 3 heteroatoms. The third-order valence-corrected chi connectivity index (χ3v) is 3.05. The molecule has 1 unspecified atom stereocenters. The van der Waals surface area contributed by atoms with Gasteiger partial charge in [0.05, 0.1) is 7.11 Å². The SMILES string of the molecule is COC(=O)C(NC(CC(C)C)CC(C)C)C(C)C. The van der Waals surface area contributed by atoms with Crippen molar-refractivity contribution in [3.8, 4) is 0 Å². The lowest BCUT2D eigenvalue weighted by Gasteiger charge is -2.28. The van der Waals surface area contributed by atoms with Crippen LogP contribution in [-0.4, -0.2) is 25.2 Å². The van der Waals surface area contributed by atoms with Crippen LogP contribution in [-0.2, 0) is 9.53 Å². The molecule has 18 heavy (non-hydrogen) atoms. The first-order valence-electron chi connectivity index (χ1n) is 7.11. The summed E-state index contributed by atoms with van der Waals surface area (Å²) < 4.78 is 4.88. The van der Waals surface area contributed by atoms with E-state index in [1.54, 1.807) is 0 Å². The highest BCUT2D eigenvalue weighted by atomic mass is 16.5. The fraction of sp³-hybridized carbons (Fsp3) is 0.933. The van der Waals surface area contributed by atoms with E-state index in [1.165, 1.54) is 7.11 Å². The number of ether oxygens (including phenoxy) is 1. The van der Waals surface area contributed by atoms with Crippen molar-refractivity contribution in [1.82, 2.24) is 5.32 Å². The minimum Gasteiger partial charge on any atom is -0.468 e. The van der Waals surface area contributed by atoms with Gasteiger partial charge in [-0.05, 0) is 30.6 Å². The predicted molar refractivity (Wildman–Crippen MR) is 76.5 cm³/mol. The molecule has 0 saturated carbocycles. The van der Waals surface area contributed by atoms with Crippen LogP contribution in [0.5, 0.6) is 0 Å². The first-order valence-corrected chi connectivity index (χ1v) is 7.11. The van der Waals surface area contributed by atoms with Crippen LogP contribution >= 0.6 is 0 Å². The Kier molecular flexibility index (Phi) is 8.25. The van der Waals surface area contributed by atoms with Crippen LogP contribution in [0.25, 0.3) is 0 Å². The molecule has 0 saturated heterocycles. The van der Waals surface area contributed by atoms with E-state index < -0.39 is 0 Å². The molecule has 0 fully saturated rings. The molecule has 0 aliphatic rings. The van der Waals surface area contributed by atoms with Crippen LogP contribution in [0.15, 0.2) is 0 Å². The smallest absolute Gasteiger partial charge is 0.323 e. The van der Waals surface area contributed by atoms with Crippen LogP contribution in [0.3, 0.4) is 0 Å². The van der Waals surface area contributed by atoms with Crippen LogP contribution in [0.2, 0.25) is 0 Å². The van der Waals surface area contributed by atoms with Crippen molar-refractivity contribution in [3.63, 3.8) is 0 Å². The number of carbonyl (C=O) groups excluding carboxylic acids is 1. The Labute approximate surface area is 113 Å². The Morgan fingerprint density at radius 3 is 1.72 bits per heavy atom. The fourth-order valence-corrected chi connectivity index (χ4v) is 2.28. The second-order valence-electron chi connectivity index (χ2n) is 6.37. The molecule has 0 bridgehead atoms. The molecule has 0 rings (SSSR count). The maximum atomic E-state index is 11.8. The van der Waals surface area contributed by atoms with Gasteiger partial charge in [0.15, 0.2) is 0 Å². The third-order valence-electron chi connectivity index (χ3n) is 3.05. The molecular weight excluding hydrogens is 226 g/mol.